The van der Waals surface area contributed by atoms with E-state index in [1.165, 1.54) is 17.3 Å². The predicted molar refractivity (Wildman–Crippen MR) is 74.3 cm³/mol. The van der Waals surface area contributed by atoms with E-state index in [1.54, 1.807) is 0 Å². The van der Waals surface area contributed by atoms with Gasteiger partial charge in [-0.05, 0) is 43.5 Å². The summed E-state index contributed by atoms with van der Waals surface area (Å²) in [5.74, 6) is -0.772. The largest absolute Gasteiger partial charge is 0.481 e. The molecule has 1 aromatic carbocycles. The molecular formula is C14H15NO2S. The van der Waals surface area contributed by atoms with E-state index >= 15 is 0 Å². The maximum atomic E-state index is 10.6. The van der Waals surface area contributed by atoms with Crippen LogP contribution >= 0.6 is 11.8 Å². The Morgan fingerprint density at radius 3 is 2.67 bits per heavy atom. The van der Waals surface area contributed by atoms with Gasteiger partial charge < -0.3 is 5.11 Å². The second-order valence-electron chi connectivity index (χ2n) is 4.37. The van der Waals surface area contributed by atoms with E-state index in [2.05, 4.69) is 30.1 Å². The molecule has 1 N–H and O–H groups in total. The number of hydrogen-bond donors (Lipinski definition) is 1. The first-order valence-electron chi connectivity index (χ1n) is 5.71. The molecule has 1 aromatic heterocycles. The van der Waals surface area contributed by atoms with Crippen molar-refractivity contribution in [1.82, 2.24) is 4.98 Å². The van der Waals surface area contributed by atoms with Crippen LogP contribution in [0.5, 0.6) is 0 Å². The number of rotatable bonds is 3. The molecule has 94 valence electrons. The van der Waals surface area contributed by atoms with E-state index in [0.717, 1.165) is 27.1 Å². The zero-order valence-electron chi connectivity index (χ0n) is 10.7. The van der Waals surface area contributed by atoms with Crippen molar-refractivity contribution in [3.05, 3.63) is 34.9 Å². The van der Waals surface area contributed by atoms with E-state index in [-0.39, 0.29) is 5.75 Å². The minimum atomic E-state index is -0.817. The first-order valence-corrected chi connectivity index (χ1v) is 6.69. The molecule has 2 rings (SSSR count). The van der Waals surface area contributed by atoms with E-state index < -0.39 is 5.97 Å². The minimum Gasteiger partial charge on any atom is -0.481 e. The molecule has 0 radical (unpaired) electrons. The molecule has 0 unspecified atom stereocenters. The lowest BCUT2D eigenvalue weighted by molar-refractivity contribution is -0.133. The molecule has 0 fully saturated rings. The number of aromatic nitrogens is 1. The Balaban J connectivity index is 2.52. The highest BCUT2D eigenvalue weighted by Crippen LogP contribution is 2.27. The highest BCUT2D eigenvalue weighted by Gasteiger charge is 2.09. The summed E-state index contributed by atoms with van der Waals surface area (Å²) in [4.78, 5) is 15.2. The highest BCUT2D eigenvalue weighted by atomic mass is 32.2. The van der Waals surface area contributed by atoms with Crippen molar-refractivity contribution in [2.75, 3.05) is 5.75 Å². The monoisotopic (exact) mass is 261 g/mol. The van der Waals surface area contributed by atoms with Crippen molar-refractivity contribution in [1.29, 1.82) is 0 Å². The average molecular weight is 261 g/mol. The van der Waals surface area contributed by atoms with E-state index in [0.29, 0.717) is 0 Å². The molecule has 0 bridgehead atoms. The zero-order valence-corrected chi connectivity index (χ0v) is 11.5. The van der Waals surface area contributed by atoms with Crippen molar-refractivity contribution in [2.45, 2.75) is 25.8 Å². The van der Waals surface area contributed by atoms with Gasteiger partial charge in [-0.2, -0.15) is 0 Å². The van der Waals surface area contributed by atoms with Crippen LogP contribution < -0.4 is 0 Å². The van der Waals surface area contributed by atoms with Gasteiger partial charge in [0.05, 0.1) is 11.3 Å². The van der Waals surface area contributed by atoms with Gasteiger partial charge in [0.25, 0.3) is 0 Å². The normalized spacial score (nSPS) is 10.8. The van der Waals surface area contributed by atoms with Crippen molar-refractivity contribution in [2.24, 2.45) is 0 Å². The Kier molecular flexibility index (Phi) is 3.57. The molecule has 0 saturated carbocycles. The second kappa shape index (κ2) is 4.98. The molecule has 0 aliphatic rings. The van der Waals surface area contributed by atoms with Crippen molar-refractivity contribution in [3.8, 4) is 0 Å². The number of hydrogen-bond acceptors (Lipinski definition) is 3. The summed E-state index contributed by atoms with van der Waals surface area (Å²) < 4.78 is 0. The van der Waals surface area contributed by atoms with Crippen LogP contribution in [-0.4, -0.2) is 21.8 Å². The fourth-order valence-electron chi connectivity index (χ4n) is 1.85. The summed E-state index contributed by atoms with van der Waals surface area (Å²) in [7, 11) is 0. The van der Waals surface area contributed by atoms with Crippen LogP contribution in [0.15, 0.2) is 23.2 Å². The van der Waals surface area contributed by atoms with E-state index in [1.807, 2.05) is 13.8 Å². The lowest BCUT2D eigenvalue weighted by Crippen LogP contribution is -1.99. The number of benzene rings is 1. The molecule has 18 heavy (non-hydrogen) atoms. The summed E-state index contributed by atoms with van der Waals surface area (Å²) in [6.45, 7) is 6.07. The number of aryl methyl sites for hydroxylation is 3. The van der Waals surface area contributed by atoms with Crippen LogP contribution in [0.2, 0.25) is 0 Å². The van der Waals surface area contributed by atoms with Crippen molar-refractivity contribution < 1.29 is 9.90 Å². The predicted octanol–water partition coefficient (Wildman–Crippen LogP) is 3.34. The summed E-state index contributed by atoms with van der Waals surface area (Å²) in [5, 5.41) is 10.6. The first kappa shape index (κ1) is 12.9. The molecule has 0 atom stereocenters. The van der Waals surface area contributed by atoms with Crippen molar-refractivity contribution in [3.63, 3.8) is 0 Å². The van der Waals surface area contributed by atoms with Gasteiger partial charge in [-0.3, -0.25) is 4.79 Å². The quantitative estimate of drug-likeness (QED) is 0.861. The molecule has 0 saturated heterocycles. The third kappa shape index (κ3) is 2.48. The molecule has 1 heterocycles. The van der Waals surface area contributed by atoms with Crippen LogP contribution in [0.4, 0.5) is 0 Å². The Morgan fingerprint density at radius 1 is 1.28 bits per heavy atom. The fourth-order valence-corrected chi connectivity index (χ4v) is 2.55. The number of fused-ring (bicyclic) bond motifs is 1. The summed E-state index contributed by atoms with van der Waals surface area (Å²) in [6, 6.07) is 6.21. The van der Waals surface area contributed by atoms with Gasteiger partial charge >= 0.3 is 5.97 Å². The number of nitrogens with zero attached hydrogens (tertiary/aromatic N) is 1. The summed E-state index contributed by atoms with van der Waals surface area (Å²) >= 11 is 1.27. The zero-order chi connectivity index (χ0) is 13.3. The SMILES string of the molecule is Cc1cc2ccc(C)c(C)c2nc1SCC(=O)O. The first-order chi connectivity index (χ1) is 8.49. The van der Waals surface area contributed by atoms with Gasteiger partial charge in [0.1, 0.15) is 5.03 Å². The number of thioether (sulfide) groups is 1. The molecule has 4 heteroatoms. The third-order valence-corrected chi connectivity index (χ3v) is 4.07. The van der Waals surface area contributed by atoms with E-state index in [4.69, 9.17) is 5.11 Å². The fraction of sp³-hybridized carbons (Fsp3) is 0.286. The van der Waals surface area contributed by atoms with Gasteiger partial charge in [-0.15, -0.1) is 0 Å². The van der Waals surface area contributed by atoms with Gasteiger partial charge in [0.2, 0.25) is 0 Å². The molecule has 0 spiro atoms. The molecule has 3 nitrogen and oxygen atoms in total. The number of carboxylic acids is 1. The number of carboxylic acid groups (broad SMARTS) is 1. The van der Waals surface area contributed by atoms with Gasteiger partial charge in [0.15, 0.2) is 0 Å². The standard InChI is InChI=1S/C14H15NO2S/c1-8-4-5-11-6-9(2)14(18-7-12(16)17)15-13(11)10(8)3/h4-6H,7H2,1-3H3,(H,16,17). The lowest BCUT2D eigenvalue weighted by Gasteiger charge is -2.09. The Hall–Kier alpha value is -1.55. The van der Waals surface area contributed by atoms with Gasteiger partial charge in [-0.1, -0.05) is 23.9 Å². The number of carbonyl (C=O) groups is 1. The van der Waals surface area contributed by atoms with Gasteiger partial charge in [0, 0.05) is 5.39 Å². The van der Waals surface area contributed by atoms with Crippen LogP contribution in [0.25, 0.3) is 10.9 Å². The molecule has 2 aromatic rings. The Bertz CT molecular complexity index is 623. The van der Waals surface area contributed by atoms with Crippen molar-refractivity contribution >= 4 is 28.6 Å². The topological polar surface area (TPSA) is 50.2 Å². The maximum Gasteiger partial charge on any atom is 0.313 e. The van der Waals surface area contributed by atoms with Crippen LogP contribution in [0.3, 0.4) is 0 Å². The lowest BCUT2D eigenvalue weighted by atomic mass is 10.0. The Morgan fingerprint density at radius 2 is 2.00 bits per heavy atom. The summed E-state index contributed by atoms with van der Waals surface area (Å²) in [5.41, 5.74) is 4.35. The third-order valence-electron chi connectivity index (χ3n) is 2.99. The molecule has 0 amide bonds. The minimum absolute atomic E-state index is 0.0458. The highest BCUT2D eigenvalue weighted by molar-refractivity contribution is 7.99. The van der Waals surface area contributed by atoms with Crippen LogP contribution in [-0.2, 0) is 4.79 Å². The smallest absolute Gasteiger partial charge is 0.313 e. The number of pyridine rings is 1. The number of aliphatic carboxylic acids is 1. The second-order valence-corrected chi connectivity index (χ2v) is 5.34. The average Bonchev–Trinajstić information content (AvgIpc) is 2.32. The molecular weight excluding hydrogens is 246 g/mol. The van der Waals surface area contributed by atoms with E-state index in [9.17, 15) is 4.79 Å². The summed E-state index contributed by atoms with van der Waals surface area (Å²) in [6.07, 6.45) is 0. The molecule has 0 aliphatic heterocycles. The molecule has 0 aliphatic carbocycles. The maximum absolute atomic E-state index is 10.6. The van der Waals surface area contributed by atoms with Crippen LogP contribution in [0, 0.1) is 20.8 Å². The Labute approximate surface area is 110 Å². The van der Waals surface area contributed by atoms with Crippen LogP contribution in [0.1, 0.15) is 16.7 Å². The van der Waals surface area contributed by atoms with Gasteiger partial charge in [-0.25, -0.2) is 4.98 Å².